The third-order valence-electron chi connectivity index (χ3n) is 6.35. The molecule has 1 unspecified atom stereocenters. The van der Waals surface area contributed by atoms with E-state index in [9.17, 15) is 14.9 Å². The van der Waals surface area contributed by atoms with E-state index in [1.807, 2.05) is 61.5 Å². The molecule has 0 bridgehead atoms. The van der Waals surface area contributed by atoms with Gasteiger partial charge in [0.2, 0.25) is 5.91 Å². The van der Waals surface area contributed by atoms with Crippen molar-refractivity contribution in [3.63, 3.8) is 0 Å². The molecule has 1 fully saturated rings. The summed E-state index contributed by atoms with van der Waals surface area (Å²) in [6.07, 6.45) is 2.34. The molecule has 1 saturated heterocycles. The molecule has 4 rings (SSSR count). The maximum absolute atomic E-state index is 13.7. The Morgan fingerprint density at radius 1 is 0.944 bits per heavy atom. The first-order chi connectivity index (χ1) is 17.4. The van der Waals surface area contributed by atoms with Crippen LogP contribution in [0, 0.1) is 18.3 Å². The Hall–Kier alpha value is -3.82. The normalized spacial score (nSPS) is 16.6. The summed E-state index contributed by atoms with van der Waals surface area (Å²) in [4.78, 5) is 28.5. The van der Waals surface area contributed by atoms with Gasteiger partial charge in [-0.3, -0.25) is 14.5 Å². The van der Waals surface area contributed by atoms with Crippen LogP contribution >= 0.6 is 11.8 Å². The van der Waals surface area contributed by atoms with E-state index in [2.05, 4.69) is 37.4 Å². The zero-order valence-corrected chi connectivity index (χ0v) is 21.6. The fourth-order valence-corrected chi connectivity index (χ4v) is 5.43. The number of para-hydroxylation sites is 1. The maximum atomic E-state index is 13.7. The number of carbonyl (C=O) groups excluding carboxylic acids is 2. The minimum Gasteiger partial charge on any atom is -0.321 e. The monoisotopic (exact) mass is 495 g/mol. The standard InChI is InChI=1S/C30H29N3O2S/c1-4-21-10-12-23(13-11-21)18-27-29(35)33(24-16-14-22(5-2)15-17-24)30(36-27)25(19-31)28(34)32-26-9-7-6-8-20(26)3/h6-17,27H,4-5,18H2,1-3H3,(H,32,34)/b30-25-. The highest BCUT2D eigenvalue weighted by atomic mass is 32.2. The SMILES string of the molecule is CCc1ccc(CC2S/C(=C(/C#N)C(=O)Nc3ccccc3C)N(c3ccc(CC)cc3)C2=O)cc1. The minimum atomic E-state index is -0.523. The number of anilines is 2. The molecular weight excluding hydrogens is 466 g/mol. The molecule has 1 heterocycles. The van der Waals surface area contributed by atoms with Crippen molar-refractivity contribution in [3.05, 3.63) is 106 Å². The summed E-state index contributed by atoms with van der Waals surface area (Å²) in [5, 5.41) is 12.8. The van der Waals surface area contributed by atoms with Crippen LogP contribution in [0.2, 0.25) is 0 Å². The molecule has 0 radical (unpaired) electrons. The zero-order valence-electron chi connectivity index (χ0n) is 20.7. The topological polar surface area (TPSA) is 73.2 Å². The Balaban J connectivity index is 1.72. The van der Waals surface area contributed by atoms with Crippen molar-refractivity contribution < 1.29 is 9.59 Å². The zero-order chi connectivity index (χ0) is 25.7. The molecule has 1 aliphatic rings. The van der Waals surface area contributed by atoms with Crippen molar-refractivity contribution in [2.45, 2.75) is 45.3 Å². The average molecular weight is 496 g/mol. The third-order valence-corrected chi connectivity index (χ3v) is 7.62. The van der Waals surface area contributed by atoms with Crippen LogP contribution in [0.15, 0.2) is 83.4 Å². The summed E-state index contributed by atoms with van der Waals surface area (Å²) in [7, 11) is 0. The number of benzene rings is 3. The van der Waals surface area contributed by atoms with Gasteiger partial charge in [-0.2, -0.15) is 5.26 Å². The van der Waals surface area contributed by atoms with Gasteiger partial charge >= 0.3 is 0 Å². The number of hydrogen-bond acceptors (Lipinski definition) is 4. The molecule has 182 valence electrons. The van der Waals surface area contributed by atoms with Gasteiger partial charge in [0.05, 0.1) is 5.25 Å². The first-order valence-electron chi connectivity index (χ1n) is 12.1. The van der Waals surface area contributed by atoms with Crippen molar-refractivity contribution in [2.75, 3.05) is 10.2 Å². The lowest BCUT2D eigenvalue weighted by molar-refractivity contribution is -0.117. The molecule has 3 aromatic carbocycles. The summed E-state index contributed by atoms with van der Waals surface area (Å²) in [5.41, 5.74) is 5.54. The van der Waals surface area contributed by atoms with Crippen LogP contribution in [0.1, 0.15) is 36.1 Å². The molecule has 0 spiro atoms. The maximum Gasteiger partial charge on any atom is 0.269 e. The summed E-state index contributed by atoms with van der Waals surface area (Å²) in [6.45, 7) is 6.07. The second-order valence-corrected chi connectivity index (χ2v) is 9.93. The van der Waals surface area contributed by atoms with Crippen molar-refractivity contribution in [1.82, 2.24) is 0 Å². The number of carbonyl (C=O) groups is 2. The third kappa shape index (κ3) is 5.37. The van der Waals surface area contributed by atoms with E-state index in [0.29, 0.717) is 22.8 Å². The van der Waals surface area contributed by atoms with Crippen LogP contribution in [-0.4, -0.2) is 17.1 Å². The highest BCUT2D eigenvalue weighted by molar-refractivity contribution is 8.05. The van der Waals surface area contributed by atoms with Gasteiger partial charge in [-0.15, -0.1) is 0 Å². The molecule has 1 atom stereocenters. The second-order valence-electron chi connectivity index (χ2n) is 8.74. The first kappa shape index (κ1) is 25.3. The van der Waals surface area contributed by atoms with Crippen molar-refractivity contribution >= 4 is 35.0 Å². The molecular formula is C30H29N3O2S. The number of nitriles is 1. The van der Waals surface area contributed by atoms with E-state index in [-0.39, 0.29) is 11.5 Å². The summed E-state index contributed by atoms with van der Waals surface area (Å²) >= 11 is 1.28. The van der Waals surface area contributed by atoms with Gasteiger partial charge in [0.1, 0.15) is 16.7 Å². The van der Waals surface area contributed by atoms with E-state index in [1.165, 1.54) is 22.2 Å². The predicted molar refractivity (Wildman–Crippen MR) is 147 cm³/mol. The molecule has 0 aromatic heterocycles. The summed E-state index contributed by atoms with van der Waals surface area (Å²) in [5.74, 6) is -0.652. The second kappa shape index (κ2) is 11.3. The lowest BCUT2D eigenvalue weighted by Gasteiger charge is -2.19. The van der Waals surface area contributed by atoms with Crippen LogP contribution in [0.3, 0.4) is 0 Å². The number of hydrogen-bond donors (Lipinski definition) is 1. The van der Waals surface area contributed by atoms with Gasteiger partial charge in [-0.1, -0.05) is 80.2 Å². The van der Waals surface area contributed by atoms with E-state index < -0.39 is 11.2 Å². The molecule has 1 N–H and O–H groups in total. The quantitative estimate of drug-likeness (QED) is 0.314. The van der Waals surface area contributed by atoms with Gasteiger partial charge in [0, 0.05) is 11.4 Å². The molecule has 3 aromatic rings. The molecule has 2 amide bonds. The van der Waals surface area contributed by atoms with E-state index in [4.69, 9.17) is 0 Å². The number of rotatable bonds is 7. The molecule has 5 nitrogen and oxygen atoms in total. The van der Waals surface area contributed by atoms with Gasteiger partial charge in [-0.05, 0) is 66.6 Å². The molecule has 6 heteroatoms. The Labute approximate surface area is 216 Å². The number of nitrogens with zero attached hydrogens (tertiary/aromatic N) is 2. The lowest BCUT2D eigenvalue weighted by Crippen LogP contribution is -2.31. The van der Waals surface area contributed by atoms with E-state index in [0.717, 1.165) is 29.5 Å². The van der Waals surface area contributed by atoms with E-state index in [1.54, 1.807) is 6.07 Å². The highest BCUT2D eigenvalue weighted by Crippen LogP contribution is 2.42. The largest absolute Gasteiger partial charge is 0.321 e. The average Bonchev–Trinajstić information content (AvgIpc) is 3.21. The highest BCUT2D eigenvalue weighted by Gasteiger charge is 2.40. The number of amides is 2. The van der Waals surface area contributed by atoms with Gasteiger partial charge in [0.15, 0.2) is 0 Å². The number of aryl methyl sites for hydroxylation is 3. The van der Waals surface area contributed by atoms with Crippen molar-refractivity contribution in [3.8, 4) is 6.07 Å². The van der Waals surface area contributed by atoms with Crippen LogP contribution in [0.25, 0.3) is 0 Å². The smallest absolute Gasteiger partial charge is 0.269 e. The Bertz CT molecular complexity index is 1340. The Kier molecular flexibility index (Phi) is 7.92. The van der Waals surface area contributed by atoms with E-state index >= 15 is 0 Å². The molecule has 0 aliphatic carbocycles. The van der Waals surface area contributed by atoms with Crippen LogP contribution in [0.4, 0.5) is 11.4 Å². The Morgan fingerprint density at radius 2 is 1.53 bits per heavy atom. The van der Waals surface area contributed by atoms with Crippen LogP contribution in [-0.2, 0) is 28.9 Å². The summed E-state index contributed by atoms with van der Waals surface area (Å²) < 4.78 is 0. The number of nitrogens with one attached hydrogen (secondary N) is 1. The van der Waals surface area contributed by atoms with Gasteiger partial charge in [-0.25, -0.2) is 0 Å². The molecule has 36 heavy (non-hydrogen) atoms. The van der Waals surface area contributed by atoms with Gasteiger partial charge in [0.25, 0.3) is 5.91 Å². The Morgan fingerprint density at radius 3 is 2.11 bits per heavy atom. The lowest BCUT2D eigenvalue weighted by atomic mass is 10.1. The fourth-order valence-electron chi connectivity index (χ4n) is 4.13. The van der Waals surface area contributed by atoms with Crippen LogP contribution in [0.5, 0.6) is 0 Å². The fraction of sp³-hybridized carbons (Fsp3) is 0.233. The van der Waals surface area contributed by atoms with Gasteiger partial charge < -0.3 is 5.32 Å². The van der Waals surface area contributed by atoms with Crippen LogP contribution < -0.4 is 10.2 Å². The molecule has 0 saturated carbocycles. The number of thioether (sulfide) groups is 1. The van der Waals surface area contributed by atoms with Crippen molar-refractivity contribution in [1.29, 1.82) is 5.26 Å². The summed E-state index contributed by atoms with van der Waals surface area (Å²) in [6, 6.07) is 25.4. The predicted octanol–water partition coefficient (Wildman–Crippen LogP) is 6.18. The van der Waals surface area contributed by atoms with Crippen molar-refractivity contribution in [2.24, 2.45) is 0 Å². The first-order valence-corrected chi connectivity index (χ1v) is 13.0. The minimum absolute atomic E-state index is 0.0694. The molecule has 1 aliphatic heterocycles.